The number of hydrogen-bond acceptors (Lipinski definition) is 3. The lowest BCUT2D eigenvalue weighted by Gasteiger charge is -2.07. The summed E-state index contributed by atoms with van der Waals surface area (Å²) in [4.78, 5) is 17.3. The Hall–Kier alpha value is -2.66. The third-order valence-electron chi connectivity index (χ3n) is 3.17. The molecule has 1 heterocycles. The molecule has 3 rings (SSSR count). The fourth-order valence-electron chi connectivity index (χ4n) is 2.13. The molecule has 5 heteroatoms. The van der Waals surface area contributed by atoms with E-state index < -0.39 is 0 Å². The van der Waals surface area contributed by atoms with Crippen molar-refractivity contribution in [3.8, 4) is 11.5 Å². The Morgan fingerprint density at radius 3 is 2.55 bits per heavy atom. The number of para-hydroxylation sites is 1. The molecular formula is C17H14N2O2S. The zero-order chi connectivity index (χ0) is 15.4. The zero-order valence-corrected chi connectivity index (χ0v) is 12.5. The SMILES string of the molecule is O=c1[nH]c(=S)[nH]cc1Cc1cccc(Oc2ccccc2)c1. The number of rotatable bonds is 4. The first-order valence-electron chi connectivity index (χ1n) is 6.83. The predicted molar refractivity (Wildman–Crippen MR) is 88.0 cm³/mol. The third kappa shape index (κ3) is 3.51. The molecule has 0 aliphatic heterocycles. The molecule has 0 bridgehead atoms. The molecule has 0 aliphatic rings. The molecule has 110 valence electrons. The Bertz CT molecular complexity index is 885. The highest BCUT2D eigenvalue weighted by Crippen LogP contribution is 2.22. The van der Waals surface area contributed by atoms with Crippen molar-refractivity contribution >= 4 is 12.2 Å². The van der Waals surface area contributed by atoms with Gasteiger partial charge in [0.2, 0.25) is 0 Å². The quantitative estimate of drug-likeness (QED) is 0.720. The van der Waals surface area contributed by atoms with Gasteiger partial charge in [-0.15, -0.1) is 0 Å². The summed E-state index contributed by atoms with van der Waals surface area (Å²) in [6, 6.07) is 17.3. The van der Waals surface area contributed by atoms with Crippen molar-refractivity contribution in [2.75, 3.05) is 0 Å². The van der Waals surface area contributed by atoms with E-state index >= 15 is 0 Å². The molecule has 3 aromatic rings. The van der Waals surface area contributed by atoms with Gasteiger partial charge in [-0.3, -0.25) is 9.78 Å². The number of aromatic nitrogens is 2. The second kappa shape index (κ2) is 6.41. The highest BCUT2D eigenvalue weighted by Gasteiger charge is 2.03. The second-order valence-corrected chi connectivity index (χ2v) is 5.24. The molecule has 1 aromatic heterocycles. The summed E-state index contributed by atoms with van der Waals surface area (Å²) >= 11 is 4.89. The molecule has 4 nitrogen and oxygen atoms in total. The number of nitrogens with one attached hydrogen (secondary N) is 2. The van der Waals surface area contributed by atoms with Gasteiger partial charge in [-0.2, -0.15) is 0 Å². The van der Waals surface area contributed by atoms with Crippen molar-refractivity contribution < 1.29 is 4.74 Å². The number of aromatic amines is 2. The van der Waals surface area contributed by atoms with Crippen LogP contribution >= 0.6 is 12.2 Å². The fraction of sp³-hybridized carbons (Fsp3) is 0.0588. The second-order valence-electron chi connectivity index (χ2n) is 4.84. The number of hydrogen-bond donors (Lipinski definition) is 2. The van der Waals surface area contributed by atoms with Gasteiger partial charge < -0.3 is 9.72 Å². The summed E-state index contributed by atoms with van der Waals surface area (Å²) in [6.45, 7) is 0. The van der Waals surface area contributed by atoms with E-state index in [0.717, 1.165) is 17.1 Å². The van der Waals surface area contributed by atoms with Gasteiger partial charge in [0.25, 0.3) is 5.56 Å². The Balaban J connectivity index is 1.82. The Morgan fingerprint density at radius 2 is 1.77 bits per heavy atom. The molecule has 0 unspecified atom stereocenters. The van der Waals surface area contributed by atoms with Crippen LogP contribution in [-0.2, 0) is 6.42 Å². The molecule has 22 heavy (non-hydrogen) atoms. The molecular weight excluding hydrogens is 296 g/mol. The van der Waals surface area contributed by atoms with Crippen LogP contribution in [-0.4, -0.2) is 9.97 Å². The van der Waals surface area contributed by atoms with Crippen LogP contribution in [0.25, 0.3) is 0 Å². The minimum atomic E-state index is -0.168. The van der Waals surface area contributed by atoms with E-state index in [4.69, 9.17) is 17.0 Å². The normalized spacial score (nSPS) is 10.4. The highest BCUT2D eigenvalue weighted by atomic mass is 32.1. The van der Waals surface area contributed by atoms with Gasteiger partial charge in [-0.1, -0.05) is 30.3 Å². The maximum absolute atomic E-state index is 11.8. The van der Waals surface area contributed by atoms with Crippen LogP contribution in [0.3, 0.4) is 0 Å². The van der Waals surface area contributed by atoms with E-state index in [1.165, 1.54) is 0 Å². The maximum atomic E-state index is 11.8. The van der Waals surface area contributed by atoms with Crippen LogP contribution in [0.15, 0.2) is 65.6 Å². The number of ether oxygens (including phenoxy) is 1. The van der Waals surface area contributed by atoms with Gasteiger partial charge in [0.15, 0.2) is 4.77 Å². The third-order valence-corrected chi connectivity index (χ3v) is 3.39. The van der Waals surface area contributed by atoms with E-state index in [0.29, 0.717) is 16.8 Å². The lowest BCUT2D eigenvalue weighted by molar-refractivity contribution is 0.482. The largest absolute Gasteiger partial charge is 0.457 e. The summed E-state index contributed by atoms with van der Waals surface area (Å²) < 4.78 is 6.12. The fourth-order valence-corrected chi connectivity index (χ4v) is 2.28. The van der Waals surface area contributed by atoms with Gasteiger partial charge in [0.05, 0.1) is 0 Å². The van der Waals surface area contributed by atoms with E-state index in [1.54, 1.807) is 6.20 Å². The van der Waals surface area contributed by atoms with Crippen LogP contribution in [0.2, 0.25) is 0 Å². The molecule has 0 saturated heterocycles. The van der Waals surface area contributed by atoms with Crippen molar-refractivity contribution in [1.82, 2.24) is 9.97 Å². The predicted octanol–water partition coefficient (Wildman–Crippen LogP) is 3.82. The number of H-pyrrole nitrogens is 2. The summed E-state index contributed by atoms with van der Waals surface area (Å²) in [6.07, 6.45) is 2.15. The monoisotopic (exact) mass is 310 g/mol. The topological polar surface area (TPSA) is 57.9 Å². The molecule has 2 N–H and O–H groups in total. The smallest absolute Gasteiger partial charge is 0.255 e. The zero-order valence-electron chi connectivity index (χ0n) is 11.7. The average molecular weight is 310 g/mol. The van der Waals surface area contributed by atoms with Gasteiger partial charge >= 0.3 is 0 Å². The van der Waals surface area contributed by atoms with Crippen LogP contribution in [0, 0.1) is 4.77 Å². The lowest BCUT2D eigenvalue weighted by Crippen LogP contribution is -2.13. The molecule has 0 saturated carbocycles. The van der Waals surface area contributed by atoms with Gasteiger partial charge in [0, 0.05) is 18.2 Å². The highest BCUT2D eigenvalue weighted by molar-refractivity contribution is 7.71. The number of benzene rings is 2. The summed E-state index contributed by atoms with van der Waals surface area (Å²) in [5, 5.41) is 0. The summed E-state index contributed by atoms with van der Waals surface area (Å²) in [5.74, 6) is 1.52. The van der Waals surface area contributed by atoms with Gasteiger partial charge in [-0.25, -0.2) is 0 Å². The van der Waals surface area contributed by atoms with Crippen molar-refractivity contribution in [1.29, 1.82) is 0 Å². The summed E-state index contributed by atoms with van der Waals surface area (Å²) in [5.41, 5.74) is 1.45. The van der Waals surface area contributed by atoms with Crippen molar-refractivity contribution in [3.05, 3.63) is 87.0 Å². The minimum absolute atomic E-state index is 0.168. The van der Waals surface area contributed by atoms with Crippen LogP contribution in [0.1, 0.15) is 11.1 Å². The molecule has 0 aliphatic carbocycles. The molecule has 0 radical (unpaired) electrons. The first-order valence-corrected chi connectivity index (χ1v) is 7.24. The molecule has 2 aromatic carbocycles. The Labute approximate surface area is 132 Å². The Morgan fingerprint density at radius 1 is 1.00 bits per heavy atom. The summed E-state index contributed by atoms with van der Waals surface area (Å²) in [7, 11) is 0. The van der Waals surface area contributed by atoms with E-state index in [2.05, 4.69) is 9.97 Å². The molecule has 0 atom stereocenters. The van der Waals surface area contributed by atoms with E-state index in [1.807, 2.05) is 54.6 Å². The average Bonchev–Trinajstić information content (AvgIpc) is 2.52. The van der Waals surface area contributed by atoms with Crippen molar-refractivity contribution in [2.24, 2.45) is 0 Å². The van der Waals surface area contributed by atoms with E-state index in [9.17, 15) is 4.79 Å². The van der Waals surface area contributed by atoms with Gasteiger partial charge in [-0.05, 0) is 42.0 Å². The Kier molecular flexibility index (Phi) is 4.16. The maximum Gasteiger partial charge on any atom is 0.255 e. The van der Waals surface area contributed by atoms with Crippen LogP contribution in [0.5, 0.6) is 11.5 Å². The van der Waals surface area contributed by atoms with Crippen molar-refractivity contribution in [3.63, 3.8) is 0 Å². The first-order chi connectivity index (χ1) is 10.7. The molecule has 0 amide bonds. The van der Waals surface area contributed by atoms with E-state index in [-0.39, 0.29) is 5.56 Å². The molecule has 0 fully saturated rings. The first kappa shape index (κ1) is 14.3. The van der Waals surface area contributed by atoms with Crippen molar-refractivity contribution in [2.45, 2.75) is 6.42 Å². The molecule has 0 spiro atoms. The standard InChI is InChI=1S/C17H14N2O2S/c20-16-13(11-18-17(22)19-16)9-12-5-4-8-15(10-12)21-14-6-2-1-3-7-14/h1-8,10-11H,9H2,(H2,18,19,20,22). The van der Waals surface area contributed by atoms with Crippen LogP contribution < -0.4 is 10.3 Å². The minimum Gasteiger partial charge on any atom is -0.457 e. The van der Waals surface area contributed by atoms with Crippen LogP contribution in [0.4, 0.5) is 0 Å². The lowest BCUT2D eigenvalue weighted by atomic mass is 10.1. The van der Waals surface area contributed by atoms with Gasteiger partial charge in [0.1, 0.15) is 11.5 Å².